The number of aliphatic hydroxyl groups excluding tert-OH is 1. The van der Waals surface area contributed by atoms with Gasteiger partial charge < -0.3 is 15.2 Å². The molecule has 1 heterocycles. The van der Waals surface area contributed by atoms with Crippen molar-refractivity contribution >= 4 is 22.9 Å². The Bertz CT molecular complexity index is 554. The second-order valence-corrected chi connectivity index (χ2v) is 3.42. The molecule has 0 radical (unpaired) electrons. The van der Waals surface area contributed by atoms with Gasteiger partial charge in [-0.25, -0.2) is 4.79 Å². The van der Waals surface area contributed by atoms with Crippen LogP contribution in [0.15, 0.2) is 30.3 Å². The summed E-state index contributed by atoms with van der Waals surface area (Å²) in [5, 5.41) is 18.3. The second kappa shape index (κ2) is 4.20. The van der Waals surface area contributed by atoms with E-state index < -0.39 is 5.97 Å². The molecule has 0 unspecified atom stereocenters. The first-order valence-electron chi connectivity index (χ1n) is 4.84. The average Bonchev–Trinajstić information content (AvgIpc) is 2.69. The molecule has 4 heteroatoms. The summed E-state index contributed by atoms with van der Waals surface area (Å²) in [6.07, 6.45) is 3.41. The molecule has 1 aromatic carbocycles. The van der Waals surface area contributed by atoms with E-state index in [1.807, 2.05) is 18.2 Å². The van der Waals surface area contributed by atoms with Crippen LogP contribution in [0.1, 0.15) is 16.1 Å². The minimum Gasteiger partial charge on any atom is -0.477 e. The van der Waals surface area contributed by atoms with Crippen LogP contribution in [0.5, 0.6) is 0 Å². The third-order valence-electron chi connectivity index (χ3n) is 2.29. The summed E-state index contributed by atoms with van der Waals surface area (Å²) in [6, 6.07) is 7.15. The lowest BCUT2D eigenvalue weighted by molar-refractivity contribution is 0.0691. The topological polar surface area (TPSA) is 73.3 Å². The summed E-state index contributed by atoms with van der Waals surface area (Å²) in [5.74, 6) is -0.969. The van der Waals surface area contributed by atoms with Gasteiger partial charge >= 0.3 is 5.97 Å². The normalized spacial score (nSPS) is 11.3. The van der Waals surface area contributed by atoms with E-state index >= 15 is 0 Å². The lowest BCUT2D eigenvalue weighted by atomic mass is 10.1. The maximum Gasteiger partial charge on any atom is 0.352 e. The Morgan fingerprint density at radius 1 is 1.38 bits per heavy atom. The van der Waals surface area contributed by atoms with Crippen molar-refractivity contribution in [3.63, 3.8) is 0 Å². The van der Waals surface area contributed by atoms with Crippen LogP contribution in [-0.2, 0) is 0 Å². The van der Waals surface area contributed by atoms with Crippen LogP contribution in [-0.4, -0.2) is 27.8 Å². The number of hydrogen-bond acceptors (Lipinski definition) is 2. The Kier molecular flexibility index (Phi) is 2.74. The van der Waals surface area contributed by atoms with Gasteiger partial charge in [0.2, 0.25) is 0 Å². The van der Waals surface area contributed by atoms with E-state index in [1.54, 1.807) is 18.2 Å². The van der Waals surface area contributed by atoms with Crippen LogP contribution in [0.3, 0.4) is 0 Å². The van der Waals surface area contributed by atoms with Gasteiger partial charge in [0.15, 0.2) is 0 Å². The first-order chi connectivity index (χ1) is 7.70. The number of nitrogens with one attached hydrogen (secondary N) is 1. The lowest BCUT2D eigenvalue weighted by Crippen LogP contribution is -1.94. The smallest absolute Gasteiger partial charge is 0.352 e. The zero-order chi connectivity index (χ0) is 11.5. The number of aromatic carboxylic acids is 1. The summed E-state index contributed by atoms with van der Waals surface area (Å²) >= 11 is 0. The Balaban J connectivity index is 2.45. The standard InChI is InChI=1S/C12H11NO3/c14-5-1-2-8-3-4-9-7-11(12(15)16)13-10(9)6-8/h1-4,6-7,13-14H,5H2,(H,15,16). The van der Waals surface area contributed by atoms with Crippen molar-refractivity contribution < 1.29 is 15.0 Å². The van der Waals surface area contributed by atoms with Crippen molar-refractivity contribution in [2.24, 2.45) is 0 Å². The summed E-state index contributed by atoms with van der Waals surface area (Å²) in [6.45, 7) is -0.0108. The third-order valence-corrected chi connectivity index (χ3v) is 2.29. The molecule has 0 saturated carbocycles. The number of aliphatic hydroxyl groups is 1. The molecular formula is C12H11NO3. The Hall–Kier alpha value is -2.07. The van der Waals surface area contributed by atoms with Gasteiger partial charge in [0.1, 0.15) is 5.69 Å². The maximum atomic E-state index is 10.7. The molecule has 4 nitrogen and oxygen atoms in total. The molecule has 0 spiro atoms. The maximum absolute atomic E-state index is 10.7. The molecule has 2 aromatic rings. The minimum absolute atomic E-state index is 0.0108. The van der Waals surface area contributed by atoms with Crippen molar-refractivity contribution in [3.05, 3.63) is 41.6 Å². The van der Waals surface area contributed by atoms with Crippen molar-refractivity contribution in [1.82, 2.24) is 4.98 Å². The quantitative estimate of drug-likeness (QED) is 0.734. The minimum atomic E-state index is -0.969. The van der Waals surface area contributed by atoms with E-state index in [0.717, 1.165) is 16.5 Å². The Labute approximate surface area is 91.8 Å². The summed E-state index contributed by atoms with van der Waals surface area (Å²) in [4.78, 5) is 13.6. The number of aromatic nitrogens is 1. The van der Waals surface area contributed by atoms with Gasteiger partial charge in [0.05, 0.1) is 6.61 Å². The first-order valence-corrected chi connectivity index (χ1v) is 4.84. The zero-order valence-electron chi connectivity index (χ0n) is 8.47. The molecule has 0 aliphatic heterocycles. The van der Waals surface area contributed by atoms with Crippen molar-refractivity contribution in [2.45, 2.75) is 0 Å². The van der Waals surface area contributed by atoms with E-state index in [-0.39, 0.29) is 12.3 Å². The molecule has 3 N–H and O–H groups in total. The molecule has 1 aromatic heterocycles. The third kappa shape index (κ3) is 1.97. The predicted octanol–water partition coefficient (Wildman–Crippen LogP) is 1.87. The number of fused-ring (bicyclic) bond motifs is 1. The van der Waals surface area contributed by atoms with E-state index in [0.29, 0.717) is 0 Å². The summed E-state index contributed by atoms with van der Waals surface area (Å²) in [5.41, 5.74) is 1.87. The molecule has 0 aliphatic carbocycles. The number of benzene rings is 1. The van der Waals surface area contributed by atoms with Crippen LogP contribution < -0.4 is 0 Å². The fraction of sp³-hybridized carbons (Fsp3) is 0.0833. The average molecular weight is 217 g/mol. The number of carboxylic acid groups (broad SMARTS) is 1. The molecule has 0 bridgehead atoms. The molecule has 82 valence electrons. The number of carbonyl (C=O) groups is 1. The fourth-order valence-electron chi connectivity index (χ4n) is 1.55. The largest absolute Gasteiger partial charge is 0.477 e. The number of rotatable bonds is 3. The SMILES string of the molecule is O=C(O)c1cc2ccc(C=CCO)cc2[nH]1. The number of hydrogen-bond donors (Lipinski definition) is 3. The predicted molar refractivity (Wildman–Crippen MR) is 61.4 cm³/mol. The fourth-order valence-corrected chi connectivity index (χ4v) is 1.55. The number of aromatic amines is 1. The van der Waals surface area contributed by atoms with Crippen molar-refractivity contribution in [2.75, 3.05) is 6.61 Å². The van der Waals surface area contributed by atoms with Crippen LogP contribution >= 0.6 is 0 Å². The van der Waals surface area contributed by atoms with Gasteiger partial charge in [-0.3, -0.25) is 0 Å². The van der Waals surface area contributed by atoms with E-state index in [2.05, 4.69) is 4.98 Å². The molecule has 2 rings (SSSR count). The molecule has 0 atom stereocenters. The van der Waals surface area contributed by atoms with Crippen molar-refractivity contribution in [3.8, 4) is 0 Å². The van der Waals surface area contributed by atoms with Gasteiger partial charge in [-0.1, -0.05) is 24.3 Å². The monoisotopic (exact) mass is 217 g/mol. The number of H-pyrrole nitrogens is 1. The molecule has 0 amide bonds. The number of carboxylic acids is 1. The van der Waals surface area contributed by atoms with Crippen LogP contribution in [0.2, 0.25) is 0 Å². The highest BCUT2D eigenvalue weighted by Gasteiger charge is 2.06. The van der Waals surface area contributed by atoms with Gasteiger partial charge in [0, 0.05) is 10.9 Å². The van der Waals surface area contributed by atoms with Crippen LogP contribution in [0, 0.1) is 0 Å². The van der Waals surface area contributed by atoms with Gasteiger partial charge in [-0.2, -0.15) is 0 Å². The summed E-state index contributed by atoms with van der Waals surface area (Å²) < 4.78 is 0. The van der Waals surface area contributed by atoms with Crippen molar-refractivity contribution in [1.29, 1.82) is 0 Å². The zero-order valence-corrected chi connectivity index (χ0v) is 8.47. The molecular weight excluding hydrogens is 206 g/mol. The highest BCUT2D eigenvalue weighted by atomic mass is 16.4. The molecule has 16 heavy (non-hydrogen) atoms. The highest BCUT2D eigenvalue weighted by Crippen LogP contribution is 2.17. The van der Waals surface area contributed by atoms with E-state index in [4.69, 9.17) is 10.2 Å². The Morgan fingerprint density at radius 3 is 2.88 bits per heavy atom. The van der Waals surface area contributed by atoms with E-state index in [9.17, 15) is 4.79 Å². The molecule has 0 fully saturated rings. The second-order valence-electron chi connectivity index (χ2n) is 3.42. The van der Waals surface area contributed by atoms with Crippen LogP contribution in [0.4, 0.5) is 0 Å². The van der Waals surface area contributed by atoms with Gasteiger partial charge in [-0.05, 0) is 17.7 Å². The highest BCUT2D eigenvalue weighted by molar-refractivity contribution is 5.94. The summed E-state index contributed by atoms with van der Waals surface area (Å²) in [7, 11) is 0. The lowest BCUT2D eigenvalue weighted by Gasteiger charge is -1.93. The van der Waals surface area contributed by atoms with Crippen LogP contribution in [0.25, 0.3) is 17.0 Å². The van der Waals surface area contributed by atoms with Gasteiger partial charge in [-0.15, -0.1) is 0 Å². The molecule has 0 saturated heterocycles. The van der Waals surface area contributed by atoms with E-state index in [1.165, 1.54) is 0 Å². The Morgan fingerprint density at radius 2 is 2.19 bits per heavy atom. The molecule has 0 aliphatic rings. The first kappa shape index (κ1) is 10.4. The van der Waals surface area contributed by atoms with Gasteiger partial charge in [0.25, 0.3) is 0 Å².